The Labute approximate surface area is 203 Å². The number of benzene rings is 2. The highest BCUT2D eigenvalue weighted by atomic mass is 32.2. The Balaban J connectivity index is 1.40. The van der Waals surface area contributed by atoms with Gasteiger partial charge in [0.15, 0.2) is 0 Å². The predicted molar refractivity (Wildman–Crippen MR) is 130 cm³/mol. The zero-order valence-corrected chi connectivity index (χ0v) is 20.0. The van der Waals surface area contributed by atoms with E-state index in [4.69, 9.17) is 0 Å². The van der Waals surface area contributed by atoms with E-state index in [1.165, 1.54) is 39.2 Å². The van der Waals surface area contributed by atoms with E-state index in [1.54, 1.807) is 12.3 Å². The Morgan fingerprint density at radius 1 is 0.914 bits per heavy atom. The first-order valence-corrected chi connectivity index (χ1v) is 12.7. The largest absolute Gasteiger partial charge is 0.310 e. The van der Waals surface area contributed by atoms with E-state index in [0.717, 1.165) is 24.0 Å². The lowest BCUT2D eigenvalue weighted by atomic mass is 10.1. The van der Waals surface area contributed by atoms with Crippen LogP contribution in [0.3, 0.4) is 0 Å². The molecular formula is C25H26N4O5S. The van der Waals surface area contributed by atoms with Crippen LogP contribution in [0.15, 0.2) is 76.6 Å². The number of carbonyl (C=O) groups is 2. The van der Waals surface area contributed by atoms with Gasteiger partial charge in [-0.15, -0.1) is 0 Å². The maximum Gasteiger partial charge on any atom is 0.275 e. The highest BCUT2D eigenvalue weighted by molar-refractivity contribution is 7.89. The maximum absolute atomic E-state index is 12.8. The normalized spacial score (nSPS) is 14.0. The van der Waals surface area contributed by atoms with Gasteiger partial charge in [-0.1, -0.05) is 29.8 Å². The van der Waals surface area contributed by atoms with E-state index in [1.807, 2.05) is 31.2 Å². The smallest absolute Gasteiger partial charge is 0.275 e. The quantitative estimate of drug-likeness (QED) is 0.509. The Hall–Kier alpha value is -3.76. The molecule has 1 aliphatic heterocycles. The van der Waals surface area contributed by atoms with Crippen LogP contribution in [0.5, 0.6) is 0 Å². The number of hydrogen-bond donors (Lipinski definition) is 2. The Morgan fingerprint density at radius 2 is 1.60 bits per heavy atom. The Kier molecular flexibility index (Phi) is 7.13. The molecule has 3 aromatic rings. The minimum absolute atomic E-state index is 0.110. The lowest BCUT2D eigenvalue weighted by Crippen LogP contribution is -2.44. The molecule has 0 atom stereocenters. The van der Waals surface area contributed by atoms with Gasteiger partial charge >= 0.3 is 0 Å². The second-order valence-corrected chi connectivity index (χ2v) is 10.3. The minimum Gasteiger partial charge on any atom is -0.310 e. The van der Waals surface area contributed by atoms with Crippen molar-refractivity contribution in [1.29, 1.82) is 0 Å². The van der Waals surface area contributed by atoms with Crippen LogP contribution in [-0.2, 0) is 16.6 Å². The van der Waals surface area contributed by atoms with Crippen LogP contribution in [0, 0.1) is 6.92 Å². The third kappa shape index (κ3) is 5.50. The van der Waals surface area contributed by atoms with E-state index < -0.39 is 27.4 Å². The maximum atomic E-state index is 12.8. The lowest BCUT2D eigenvalue weighted by molar-refractivity contribution is 0.0845. The van der Waals surface area contributed by atoms with Crippen molar-refractivity contribution in [1.82, 2.24) is 19.7 Å². The third-order valence-electron chi connectivity index (χ3n) is 5.81. The molecule has 9 nitrogen and oxygen atoms in total. The number of aryl methyl sites for hydroxylation is 1. The minimum atomic E-state index is -3.58. The Morgan fingerprint density at radius 3 is 2.29 bits per heavy atom. The number of amides is 2. The monoisotopic (exact) mass is 494 g/mol. The van der Waals surface area contributed by atoms with E-state index in [2.05, 4.69) is 10.9 Å². The highest BCUT2D eigenvalue weighted by Gasteiger charge is 2.27. The number of nitrogens with zero attached hydrogens (tertiary/aromatic N) is 2. The van der Waals surface area contributed by atoms with Crippen molar-refractivity contribution >= 4 is 21.8 Å². The number of aromatic nitrogens is 1. The van der Waals surface area contributed by atoms with Crippen LogP contribution >= 0.6 is 0 Å². The average molecular weight is 495 g/mol. The summed E-state index contributed by atoms with van der Waals surface area (Å²) < 4.78 is 28.1. The first-order chi connectivity index (χ1) is 16.8. The molecule has 1 saturated heterocycles. The van der Waals surface area contributed by atoms with Gasteiger partial charge in [-0.3, -0.25) is 25.2 Å². The molecule has 182 valence electrons. The molecule has 0 radical (unpaired) electrons. The molecule has 2 aromatic carbocycles. The second kappa shape index (κ2) is 10.2. The van der Waals surface area contributed by atoms with Crippen LogP contribution in [0.25, 0.3) is 0 Å². The van der Waals surface area contributed by atoms with Gasteiger partial charge in [0.1, 0.15) is 5.56 Å². The predicted octanol–water partition coefficient (Wildman–Crippen LogP) is 2.06. The molecule has 10 heteroatoms. The standard InChI is InChI=1S/C25H26N4O5S/c1-18-6-4-7-19(16-18)17-28-13-5-8-22(25(28)32)24(31)27-26-23(30)20-9-11-21(12-10-20)35(33,34)29-14-2-3-15-29/h4-13,16H,2-3,14-15,17H2,1H3,(H,26,30)(H,27,31). The number of nitrogens with one attached hydrogen (secondary N) is 2. The van der Waals surface area contributed by atoms with E-state index in [0.29, 0.717) is 19.6 Å². The summed E-state index contributed by atoms with van der Waals surface area (Å²) in [5.41, 5.74) is 6.06. The van der Waals surface area contributed by atoms with Crippen LogP contribution < -0.4 is 16.4 Å². The molecule has 2 heterocycles. The number of carbonyl (C=O) groups excluding carboxylic acids is 2. The molecule has 2 N–H and O–H groups in total. The van der Waals surface area contributed by atoms with Gasteiger partial charge in [0.25, 0.3) is 17.4 Å². The molecule has 0 aliphatic carbocycles. The number of rotatable bonds is 6. The molecule has 0 saturated carbocycles. The van der Waals surface area contributed by atoms with Crippen LogP contribution in [0.2, 0.25) is 0 Å². The molecule has 1 aromatic heterocycles. The SMILES string of the molecule is Cc1cccc(Cn2cccc(C(=O)NNC(=O)c3ccc(S(=O)(=O)N4CCCC4)cc3)c2=O)c1. The van der Waals surface area contributed by atoms with Crippen molar-refractivity contribution in [3.05, 3.63) is 99.5 Å². The van der Waals surface area contributed by atoms with Crippen molar-refractivity contribution in [2.24, 2.45) is 0 Å². The molecule has 4 rings (SSSR count). The summed E-state index contributed by atoms with van der Waals surface area (Å²) in [4.78, 5) is 37.9. The number of hydrogen-bond acceptors (Lipinski definition) is 5. The lowest BCUT2D eigenvalue weighted by Gasteiger charge is -2.15. The van der Waals surface area contributed by atoms with Crippen LogP contribution in [0.4, 0.5) is 0 Å². The van der Waals surface area contributed by atoms with Crippen LogP contribution in [-0.4, -0.2) is 42.2 Å². The summed E-state index contributed by atoms with van der Waals surface area (Å²) in [5.74, 6) is -1.39. The van der Waals surface area contributed by atoms with Crippen molar-refractivity contribution in [3.63, 3.8) is 0 Å². The summed E-state index contributed by atoms with van der Waals surface area (Å²) in [6.45, 7) is 3.24. The first kappa shape index (κ1) is 24.4. The van der Waals surface area contributed by atoms with Gasteiger partial charge in [-0.25, -0.2) is 8.42 Å². The van der Waals surface area contributed by atoms with Crippen molar-refractivity contribution in [2.45, 2.75) is 31.2 Å². The molecule has 1 aliphatic rings. The van der Waals surface area contributed by atoms with E-state index in [9.17, 15) is 22.8 Å². The molecule has 2 amide bonds. The van der Waals surface area contributed by atoms with Gasteiger partial charge in [0, 0.05) is 24.8 Å². The summed E-state index contributed by atoms with van der Waals surface area (Å²) in [6, 6.07) is 16.2. The van der Waals surface area contributed by atoms with Gasteiger partial charge in [0.2, 0.25) is 10.0 Å². The molecule has 1 fully saturated rings. The highest BCUT2D eigenvalue weighted by Crippen LogP contribution is 2.21. The summed E-state index contributed by atoms with van der Waals surface area (Å²) in [5, 5.41) is 0. The van der Waals surface area contributed by atoms with Gasteiger partial charge < -0.3 is 4.57 Å². The molecule has 35 heavy (non-hydrogen) atoms. The van der Waals surface area contributed by atoms with Crippen molar-refractivity contribution < 1.29 is 18.0 Å². The number of hydrazine groups is 1. The molecule has 0 unspecified atom stereocenters. The van der Waals surface area contributed by atoms with Gasteiger partial charge in [-0.05, 0) is 61.7 Å². The average Bonchev–Trinajstić information content (AvgIpc) is 3.40. The number of pyridine rings is 1. The first-order valence-electron chi connectivity index (χ1n) is 11.2. The topological polar surface area (TPSA) is 118 Å². The van der Waals surface area contributed by atoms with E-state index >= 15 is 0 Å². The summed E-state index contributed by atoms with van der Waals surface area (Å²) in [6.07, 6.45) is 3.26. The fourth-order valence-corrected chi connectivity index (χ4v) is 5.47. The number of sulfonamides is 1. The van der Waals surface area contributed by atoms with Crippen molar-refractivity contribution in [2.75, 3.05) is 13.1 Å². The fourth-order valence-electron chi connectivity index (χ4n) is 3.95. The Bertz CT molecular complexity index is 1410. The zero-order chi connectivity index (χ0) is 25.0. The summed E-state index contributed by atoms with van der Waals surface area (Å²) in [7, 11) is -3.58. The molecular weight excluding hydrogens is 468 g/mol. The van der Waals surface area contributed by atoms with Crippen molar-refractivity contribution in [3.8, 4) is 0 Å². The van der Waals surface area contributed by atoms with Crippen LogP contribution in [0.1, 0.15) is 44.7 Å². The molecule has 0 spiro atoms. The molecule has 0 bridgehead atoms. The second-order valence-electron chi connectivity index (χ2n) is 8.39. The third-order valence-corrected chi connectivity index (χ3v) is 7.72. The van der Waals surface area contributed by atoms with Gasteiger partial charge in [-0.2, -0.15) is 4.31 Å². The fraction of sp³-hybridized carbons (Fsp3) is 0.240. The zero-order valence-electron chi connectivity index (χ0n) is 19.2. The summed E-state index contributed by atoms with van der Waals surface area (Å²) >= 11 is 0. The van der Waals surface area contributed by atoms with E-state index in [-0.39, 0.29) is 16.0 Å². The van der Waals surface area contributed by atoms with Gasteiger partial charge in [0.05, 0.1) is 11.4 Å².